The van der Waals surface area contributed by atoms with Gasteiger partial charge in [-0.2, -0.15) is 0 Å². The van der Waals surface area contributed by atoms with Crippen LogP contribution in [-0.4, -0.2) is 19.2 Å². The largest absolute Gasteiger partial charge is 0.322 e. The van der Waals surface area contributed by atoms with Gasteiger partial charge in [0.2, 0.25) is 9.84 Å². The second-order valence-corrected chi connectivity index (χ2v) is 8.42. The molecule has 3 rings (SSSR count). The molecule has 0 bridgehead atoms. The average molecular weight is 410 g/mol. The molecule has 0 spiro atoms. The number of nitrogens with one attached hydrogen (secondary N) is 1. The third kappa shape index (κ3) is 4.17. The molecule has 0 aliphatic rings. The maximum Gasteiger partial charge on any atom is 0.269 e. The second-order valence-electron chi connectivity index (χ2n) is 6.50. The fourth-order valence-electron chi connectivity index (χ4n) is 2.78. The standard InChI is InChI=1S/C21H18N2O5S/c1-14-7-8-16(13-15(14)2)22-21(24)19-5-3-4-6-20(19)29(27,28)18-11-9-17(10-12-18)23(25)26/h3-13H,1-2H3,(H,22,24). The molecule has 148 valence electrons. The van der Waals surface area contributed by atoms with Crippen molar-refractivity contribution in [2.24, 2.45) is 0 Å². The number of non-ortho nitro benzene ring substituents is 1. The Balaban J connectivity index is 1.98. The molecule has 0 heterocycles. The van der Waals surface area contributed by atoms with Crippen LogP contribution in [0.25, 0.3) is 0 Å². The number of hydrogen-bond acceptors (Lipinski definition) is 5. The van der Waals surface area contributed by atoms with Crippen LogP contribution in [0.15, 0.2) is 76.5 Å². The summed E-state index contributed by atoms with van der Waals surface area (Å²) < 4.78 is 26.1. The number of nitro groups is 1. The zero-order chi connectivity index (χ0) is 21.2. The van der Waals surface area contributed by atoms with E-state index in [-0.39, 0.29) is 21.0 Å². The predicted molar refractivity (Wildman–Crippen MR) is 109 cm³/mol. The molecule has 3 aromatic rings. The number of amides is 1. The first kappa shape index (κ1) is 20.2. The molecule has 0 radical (unpaired) electrons. The van der Waals surface area contributed by atoms with E-state index >= 15 is 0 Å². The first-order valence-corrected chi connectivity index (χ1v) is 10.2. The molecule has 1 N–H and O–H groups in total. The minimum Gasteiger partial charge on any atom is -0.322 e. The number of nitrogens with zero attached hydrogens (tertiary/aromatic N) is 1. The predicted octanol–water partition coefficient (Wildman–Crippen LogP) is 4.30. The summed E-state index contributed by atoms with van der Waals surface area (Å²) >= 11 is 0. The van der Waals surface area contributed by atoms with E-state index < -0.39 is 20.7 Å². The van der Waals surface area contributed by atoms with Gasteiger partial charge in [-0.25, -0.2) is 8.42 Å². The van der Waals surface area contributed by atoms with E-state index in [2.05, 4.69) is 5.32 Å². The molecular weight excluding hydrogens is 392 g/mol. The molecule has 0 fully saturated rings. The van der Waals surface area contributed by atoms with Crippen molar-refractivity contribution in [2.45, 2.75) is 23.6 Å². The number of carbonyl (C=O) groups excluding carboxylic acids is 1. The SMILES string of the molecule is Cc1ccc(NC(=O)c2ccccc2S(=O)(=O)c2ccc([N+](=O)[O-])cc2)cc1C. The summed E-state index contributed by atoms with van der Waals surface area (Å²) in [5.41, 5.74) is 2.40. The number of rotatable bonds is 5. The first-order chi connectivity index (χ1) is 13.7. The van der Waals surface area contributed by atoms with Crippen LogP contribution in [0.3, 0.4) is 0 Å². The van der Waals surface area contributed by atoms with E-state index in [0.717, 1.165) is 35.4 Å². The maximum atomic E-state index is 13.0. The summed E-state index contributed by atoms with van der Waals surface area (Å²) in [4.78, 5) is 22.7. The first-order valence-electron chi connectivity index (χ1n) is 8.67. The lowest BCUT2D eigenvalue weighted by molar-refractivity contribution is -0.384. The lowest BCUT2D eigenvalue weighted by Gasteiger charge is -2.12. The van der Waals surface area contributed by atoms with Gasteiger partial charge in [-0.05, 0) is 61.4 Å². The summed E-state index contributed by atoms with van der Waals surface area (Å²) in [6.07, 6.45) is 0. The highest BCUT2D eigenvalue weighted by atomic mass is 32.2. The van der Waals surface area contributed by atoms with Gasteiger partial charge in [-0.1, -0.05) is 18.2 Å². The van der Waals surface area contributed by atoms with E-state index in [0.29, 0.717) is 5.69 Å². The molecule has 1 amide bonds. The van der Waals surface area contributed by atoms with Gasteiger partial charge < -0.3 is 5.32 Å². The van der Waals surface area contributed by atoms with Crippen LogP contribution >= 0.6 is 0 Å². The molecule has 0 atom stereocenters. The van der Waals surface area contributed by atoms with Gasteiger partial charge in [0, 0.05) is 17.8 Å². The fourth-order valence-corrected chi connectivity index (χ4v) is 4.24. The van der Waals surface area contributed by atoms with Gasteiger partial charge >= 0.3 is 0 Å². The van der Waals surface area contributed by atoms with Gasteiger partial charge in [-0.3, -0.25) is 14.9 Å². The maximum absolute atomic E-state index is 13.0. The van der Waals surface area contributed by atoms with Crippen LogP contribution in [0.5, 0.6) is 0 Å². The fraction of sp³-hybridized carbons (Fsp3) is 0.0952. The third-order valence-electron chi connectivity index (χ3n) is 4.54. The number of sulfone groups is 1. The van der Waals surface area contributed by atoms with Gasteiger partial charge in [-0.15, -0.1) is 0 Å². The number of nitro benzene ring substituents is 1. The number of anilines is 1. The third-order valence-corrected chi connectivity index (χ3v) is 6.37. The molecule has 0 aromatic heterocycles. The molecule has 0 saturated carbocycles. The Bertz CT molecular complexity index is 1200. The normalized spacial score (nSPS) is 11.1. The van der Waals surface area contributed by atoms with Gasteiger partial charge in [0.1, 0.15) is 0 Å². The van der Waals surface area contributed by atoms with Crippen molar-refractivity contribution < 1.29 is 18.1 Å². The molecule has 0 aliphatic heterocycles. The van der Waals surface area contributed by atoms with E-state index in [4.69, 9.17) is 0 Å². The molecule has 29 heavy (non-hydrogen) atoms. The molecule has 7 nitrogen and oxygen atoms in total. The van der Waals surface area contributed by atoms with E-state index in [9.17, 15) is 23.3 Å². The Morgan fingerprint density at radius 2 is 1.59 bits per heavy atom. The van der Waals surface area contributed by atoms with Crippen LogP contribution in [0.1, 0.15) is 21.5 Å². The molecule has 0 saturated heterocycles. The van der Waals surface area contributed by atoms with Crippen molar-refractivity contribution in [2.75, 3.05) is 5.32 Å². The van der Waals surface area contributed by atoms with Crippen molar-refractivity contribution >= 4 is 27.1 Å². The summed E-state index contributed by atoms with van der Waals surface area (Å²) in [5, 5.41) is 13.5. The van der Waals surface area contributed by atoms with Crippen molar-refractivity contribution in [3.63, 3.8) is 0 Å². The minimum absolute atomic E-state index is 0.0101. The van der Waals surface area contributed by atoms with Crippen molar-refractivity contribution in [3.05, 3.63) is 93.5 Å². The lowest BCUT2D eigenvalue weighted by atomic mass is 10.1. The van der Waals surface area contributed by atoms with Crippen LogP contribution < -0.4 is 5.32 Å². The van der Waals surface area contributed by atoms with Gasteiger partial charge in [0.25, 0.3) is 11.6 Å². The van der Waals surface area contributed by atoms with Crippen molar-refractivity contribution in [1.82, 2.24) is 0 Å². The molecular formula is C21H18N2O5S. The number of carbonyl (C=O) groups is 1. The highest BCUT2D eigenvalue weighted by molar-refractivity contribution is 7.91. The van der Waals surface area contributed by atoms with E-state index in [1.807, 2.05) is 19.9 Å². The van der Waals surface area contributed by atoms with E-state index in [1.165, 1.54) is 18.2 Å². The molecule has 0 aliphatic carbocycles. The smallest absolute Gasteiger partial charge is 0.269 e. The van der Waals surface area contributed by atoms with Crippen molar-refractivity contribution in [1.29, 1.82) is 0 Å². The number of hydrogen-bond donors (Lipinski definition) is 1. The van der Waals surface area contributed by atoms with E-state index in [1.54, 1.807) is 18.2 Å². The Morgan fingerprint density at radius 1 is 0.931 bits per heavy atom. The van der Waals surface area contributed by atoms with Crippen LogP contribution in [0.4, 0.5) is 11.4 Å². The lowest BCUT2D eigenvalue weighted by Crippen LogP contribution is -2.16. The van der Waals surface area contributed by atoms with Crippen LogP contribution in [-0.2, 0) is 9.84 Å². The zero-order valence-corrected chi connectivity index (χ0v) is 16.6. The minimum atomic E-state index is -4.05. The van der Waals surface area contributed by atoms with Gasteiger partial charge in [0.15, 0.2) is 0 Å². The highest BCUT2D eigenvalue weighted by Gasteiger charge is 2.25. The molecule has 0 unspecified atom stereocenters. The quantitative estimate of drug-likeness (QED) is 0.499. The number of aryl methyl sites for hydroxylation is 2. The Kier molecular flexibility index (Phi) is 5.47. The topological polar surface area (TPSA) is 106 Å². The Morgan fingerprint density at radius 3 is 2.21 bits per heavy atom. The number of benzene rings is 3. The highest BCUT2D eigenvalue weighted by Crippen LogP contribution is 2.26. The monoisotopic (exact) mass is 410 g/mol. The summed E-state index contributed by atoms with van der Waals surface area (Å²) in [6.45, 7) is 3.87. The summed E-state index contributed by atoms with van der Waals surface area (Å²) in [5.74, 6) is -0.561. The molecule has 8 heteroatoms. The van der Waals surface area contributed by atoms with Crippen LogP contribution in [0, 0.1) is 24.0 Å². The molecule has 3 aromatic carbocycles. The summed E-state index contributed by atoms with van der Waals surface area (Å²) in [7, 11) is -4.05. The summed E-state index contributed by atoms with van der Waals surface area (Å²) in [6, 6.07) is 15.8. The van der Waals surface area contributed by atoms with Crippen LogP contribution in [0.2, 0.25) is 0 Å². The van der Waals surface area contributed by atoms with Crippen molar-refractivity contribution in [3.8, 4) is 0 Å². The van der Waals surface area contributed by atoms with Gasteiger partial charge in [0.05, 0.1) is 20.3 Å². The second kappa shape index (κ2) is 7.84. The Hall–Kier alpha value is -3.52. The Labute approximate surface area is 168 Å². The zero-order valence-electron chi connectivity index (χ0n) is 15.7. The average Bonchev–Trinajstić information content (AvgIpc) is 2.70.